The van der Waals surface area contributed by atoms with E-state index in [9.17, 15) is 0 Å². The minimum atomic E-state index is -1.67. The molecule has 3 unspecified atom stereocenters. The van der Waals surface area contributed by atoms with Crippen LogP contribution in [0.25, 0.3) is 0 Å². The Kier molecular flexibility index (Phi) is 7.34. The van der Waals surface area contributed by atoms with Gasteiger partial charge in [-0.1, -0.05) is 19.0 Å². The quantitative estimate of drug-likeness (QED) is 0.273. The lowest BCUT2D eigenvalue weighted by Gasteiger charge is -2.63. The number of fused-ring (bicyclic) bond motifs is 5. The first kappa shape index (κ1) is 26.9. The standard InChI is InChI=1S/C28H53NO3Si2/c1-19(31-33(5,6)7)23-13-14-24-22-12-11-20-17-21(29-30-4)15-16-27(20,2)26(22)25(18-28(23,24)3)32-34(8,9)10/h19-20,22-26H,11-18H2,1-10H3/t19-,20+,22?,23-,24?,25+,26?,27+,28-/m1/s1. The van der Waals surface area contributed by atoms with E-state index in [1.807, 2.05) is 0 Å². The average molecular weight is 508 g/mol. The molecule has 34 heavy (non-hydrogen) atoms. The first-order valence-electron chi connectivity index (χ1n) is 14.1. The second-order valence-electron chi connectivity index (χ2n) is 14.7. The number of hydrogen-bond acceptors (Lipinski definition) is 4. The van der Waals surface area contributed by atoms with Crippen molar-refractivity contribution in [1.29, 1.82) is 0 Å². The van der Waals surface area contributed by atoms with Crippen LogP contribution in [0.3, 0.4) is 0 Å². The maximum Gasteiger partial charge on any atom is 0.184 e. The predicted octanol–water partition coefficient (Wildman–Crippen LogP) is 7.72. The molecule has 196 valence electrons. The highest BCUT2D eigenvalue weighted by atomic mass is 28.4. The predicted molar refractivity (Wildman–Crippen MR) is 147 cm³/mol. The molecule has 0 aliphatic heterocycles. The molecule has 0 bridgehead atoms. The van der Waals surface area contributed by atoms with Gasteiger partial charge in [0.2, 0.25) is 0 Å². The van der Waals surface area contributed by atoms with Crippen molar-refractivity contribution >= 4 is 22.3 Å². The summed E-state index contributed by atoms with van der Waals surface area (Å²) in [4.78, 5) is 5.19. The summed E-state index contributed by atoms with van der Waals surface area (Å²) in [6, 6.07) is 0. The summed E-state index contributed by atoms with van der Waals surface area (Å²) in [7, 11) is -1.54. The fourth-order valence-electron chi connectivity index (χ4n) is 9.37. The fraction of sp³-hybridized carbons (Fsp3) is 0.964. The summed E-state index contributed by atoms with van der Waals surface area (Å²) < 4.78 is 13.9. The molecule has 9 atom stereocenters. The minimum Gasteiger partial charge on any atom is -0.415 e. The van der Waals surface area contributed by atoms with Gasteiger partial charge in [0.1, 0.15) is 7.11 Å². The summed E-state index contributed by atoms with van der Waals surface area (Å²) in [6.45, 7) is 21.9. The zero-order valence-electron chi connectivity index (χ0n) is 23.9. The Morgan fingerprint density at radius 3 is 2.26 bits per heavy atom. The van der Waals surface area contributed by atoms with Gasteiger partial charge in [-0.3, -0.25) is 0 Å². The molecule has 4 aliphatic carbocycles. The molecule has 4 aliphatic rings. The summed E-state index contributed by atoms with van der Waals surface area (Å²) >= 11 is 0. The Balaban J connectivity index is 1.67. The van der Waals surface area contributed by atoms with E-state index in [1.165, 1.54) is 44.2 Å². The lowest BCUT2D eigenvalue weighted by Crippen LogP contribution is -2.61. The Bertz CT molecular complexity index is 775. The molecule has 0 aromatic heterocycles. The zero-order valence-corrected chi connectivity index (χ0v) is 25.9. The van der Waals surface area contributed by atoms with E-state index in [0.717, 1.165) is 30.6 Å². The van der Waals surface area contributed by atoms with Gasteiger partial charge < -0.3 is 13.7 Å². The highest BCUT2D eigenvalue weighted by Gasteiger charge is 2.64. The SMILES string of the molecule is CON=C1CC[C@]2(C)C3C(CC[C@H]2C1)C1CC[C@H]([C@@H](C)O[Si](C)(C)C)[C@@]1(C)C[C@@H]3O[Si](C)(C)C. The summed E-state index contributed by atoms with van der Waals surface area (Å²) in [5, 5.41) is 4.39. The van der Waals surface area contributed by atoms with Gasteiger partial charge in [0.15, 0.2) is 16.6 Å². The Labute approximate surface area is 212 Å². The number of oxime groups is 1. The maximum atomic E-state index is 7.19. The maximum absolute atomic E-state index is 7.19. The molecule has 0 N–H and O–H groups in total. The molecule has 4 nitrogen and oxygen atoms in total. The van der Waals surface area contributed by atoms with E-state index in [2.05, 4.69) is 65.2 Å². The first-order valence-corrected chi connectivity index (χ1v) is 20.9. The van der Waals surface area contributed by atoms with Crippen molar-refractivity contribution in [2.75, 3.05) is 7.11 Å². The third-order valence-corrected chi connectivity index (χ3v) is 12.4. The monoisotopic (exact) mass is 507 g/mol. The Hall–Kier alpha value is -0.176. The van der Waals surface area contributed by atoms with Gasteiger partial charge >= 0.3 is 0 Å². The molecule has 0 aromatic carbocycles. The second kappa shape index (κ2) is 9.29. The van der Waals surface area contributed by atoms with Crippen LogP contribution in [0, 0.1) is 40.4 Å². The van der Waals surface area contributed by atoms with Crippen LogP contribution >= 0.6 is 0 Å². The van der Waals surface area contributed by atoms with Crippen LogP contribution in [0.4, 0.5) is 0 Å². The third kappa shape index (κ3) is 4.99. The highest BCUT2D eigenvalue weighted by molar-refractivity contribution is 6.70. The van der Waals surface area contributed by atoms with E-state index < -0.39 is 16.6 Å². The van der Waals surface area contributed by atoms with Crippen molar-refractivity contribution in [3.8, 4) is 0 Å². The van der Waals surface area contributed by atoms with Crippen LogP contribution < -0.4 is 0 Å². The van der Waals surface area contributed by atoms with Crippen LogP contribution in [0.1, 0.15) is 72.1 Å². The summed E-state index contributed by atoms with van der Waals surface area (Å²) in [6.07, 6.45) is 10.9. The fourth-order valence-corrected chi connectivity index (χ4v) is 11.8. The van der Waals surface area contributed by atoms with Crippen molar-refractivity contribution in [3.05, 3.63) is 0 Å². The van der Waals surface area contributed by atoms with Crippen LogP contribution in [-0.2, 0) is 13.7 Å². The van der Waals surface area contributed by atoms with Crippen LogP contribution in [0.15, 0.2) is 5.16 Å². The van der Waals surface area contributed by atoms with Gasteiger partial charge in [-0.15, -0.1) is 0 Å². The van der Waals surface area contributed by atoms with E-state index in [0.29, 0.717) is 34.9 Å². The smallest absolute Gasteiger partial charge is 0.184 e. The number of hydrogen-bond donors (Lipinski definition) is 0. The third-order valence-electron chi connectivity index (χ3n) is 10.3. The molecule has 0 heterocycles. The van der Waals surface area contributed by atoms with Crippen molar-refractivity contribution in [2.24, 2.45) is 45.6 Å². The van der Waals surface area contributed by atoms with Crippen molar-refractivity contribution < 1.29 is 13.7 Å². The molecule has 4 saturated carbocycles. The zero-order chi connectivity index (χ0) is 25.1. The second-order valence-corrected chi connectivity index (χ2v) is 23.6. The highest BCUT2D eigenvalue weighted by Crippen LogP contribution is 2.68. The van der Waals surface area contributed by atoms with Crippen LogP contribution in [-0.4, -0.2) is 41.7 Å². The van der Waals surface area contributed by atoms with E-state index in [-0.39, 0.29) is 0 Å². The molecule has 0 spiro atoms. The summed E-state index contributed by atoms with van der Waals surface area (Å²) in [5.74, 6) is 3.69. The normalized spacial score (nSPS) is 44.8. The molecular formula is C28H53NO3Si2. The largest absolute Gasteiger partial charge is 0.415 e. The van der Waals surface area contributed by atoms with Crippen molar-refractivity contribution in [2.45, 2.75) is 124 Å². The molecule has 0 radical (unpaired) electrons. The topological polar surface area (TPSA) is 40.0 Å². The average Bonchev–Trinajstić information content (AvgIpc) is 3.02. The lowest BCUT2D eigenvalue weighted by molar-refractivity contribution is -0.162. The van der Waals surface area contributed by atoms with Crippen LogP contribution in [0.5, 0.6) is 0 Å². The van der Waals surface area contributed by atoms with Gasteiger partial charge in [0, 0.05) is 12.2 Å². The number of rotatable bonds is 6. The van der Waals surface area contributed by atoms with Gasteiger partial charge in [-0.2, -0.15) is 0 Å². The van der Waals surface area contributed by atoms with Gasteiger partial charge in [0.25, 0.3) is 0 Å². The lowest BCUT2D eigenvalue weighted by atomic mass is 9.44. The molecule has 0 amide bonds. The Morgan fingerprint density at radius 2 is 1.65 bits per heavy atom. The number of nitrogens with zero attached hydrogens (tertiary/aromatic N) is 1. The van der Waals surface area contributed by atoms with E-state index in [4.69, 9.17) is 13.7 Å². The minimum absolute atomic E-state index is 0.338. The van der Waals surface area contributed by atoms with Crippen molar-refractivity contribution in [1.82, 2.24) is 0 Å². The Morgan fingerprint density at radius 1 is 0.941 bits per heavy atom. The molecular weight excluding hydrogens is 454 g/mol. The molecule has 0 aromatic rings. The summed E-state index contributed by atoms with van der Waals surface area (Å²) in [5.41, 5.74) is 1.98. The van der Waals surface area contributed by atoms with Crippen molar-refractivity contribution in [3.63, 3.8) is 0 Å². The van der Waals surface area contributed by atoms with E-state index in [1.54, 1.807) is 7.11 Å². The molecule has 0 saturated heterocycles. The van der Waals surface area contributed by atoms with Gasteiger partial charge in [-0.25, -0.2) is 0 Å². The van der Waals surface area contributed by atoms with Gasteiger partial charge in [-0.05, 0) is 138 Å². The molecule has 4 fully saturated rings. The van der Waals surface area contributed by atoms with Gasteiger partial charge in [0.05, 0.1) is 5.71 Å². The van der Waals surface area contributed by atoms with E-state index >= 15 is 0 Å². The van der Waals surface area contributed by atoms with Crippen LogP contribution in [0.2, 0.25) is 39.3 Å². The molecule has 4 rings (SSSR count). The first-order chi connectivity index (χ1) is 15.7. The molecule has 6 heteroatoms.